The van der Waals surface area contributed by atoms with Gasteiger partial charge in [0.2, 0.25) is 0 Å². The first-order valence-corrected chi connectivity index (χ1v) is 6.64. The first-order chi connectivity index (χ1) is 9.43. The zero-order valence-corrected chi connectivity index (χ0v) is 12.3. The minimum atomic E-state index is -0.927. The first kappa shape index (κ1) is 14.7. The Bertz CT molecular complexity index is 624. The third-order valence-electron chi connectivity index (χ3n) is 3.18. The summed E-state index contributed by atoms with van der Waals surface area (Å²) in [5.74, 6) is -1.23. The number of rotatable bonds is 4. The van der Waals surface area contributed by atoms with E-state index >= 15 is 0 Å². The highest BCUT2D eigenvalue weighted by molar-refractivity contribution is 6.38. The summed E-state index contributed by atoms with van der Waals surface area (Å²) in [4.78, 5) is 11.1. The van der Waals surface area contributed by atoms with Crippen molar-refractivity contribution in [3.8, 4) is 11.4 Å². The van der Waals surface area contributed by atoms with Crippen LogP contribution in [-0.4, -0.2) is 31.3 Å². The van der Waals surface area contributed by atoms with Gasteiger partial charge < -0.3 is 5.11 Å². The molecule has 2 atom stereocenters. The van der Waals surface area contributed by atoms with Crippen LogP contribution in [0.3, 0.4) is 0 Å². The summed E-state index contributed by atoms with van der Waals surface area (Å²) in [6.07, 6.45) is 0. The van der Waals surface area contributed by atoms with E-state index in [0.29, 0.717) is 21.4 Å². The third kappa shape index (κ3) is 2.62. The monoisotopic (exact) mass is 314 g/mol. The van der Waals surface area contributed by atoms with Gasteiger partial charge in [0.1, 0.15) is 0 Å². The van der Waals surface area contributed by atoms with E-state index in [1.807, 2.05) is 0 Å². The van der Waals surface area contributed by atoms with Crippen molar-refractivity contribution in [2.75, 3.05) is 0 Å². The highest BCUT2D eigenvalue weighted by atomic mass is 35.5. The van der Waals surface area contributed by atoms with Gasteiger partial charge in [-0.2, -0.15) is 0 Å². The number of hydrogen-bond donors (Lipinski definition) is 1. The maximum Gasteiger partial charge on any atom is 0.308 e. The first-order valence-electron chi connectivity index (χ1n) is 5.88. The highest BCUT2D eigenvalue weighted by Gasteiger charge is 2.26. The van der Waals surface area contributed by atoms with Gasteiger partial charge in [-0.25, -0.2) is 4.68 Å². The van der Waals surface area contributed by atoms with Crippen molar-refractivity contribution >= 4 is 29.2 Å². The fourth-order valence-corrected chi connectivity index (χ4v) is 2.33. The van der Waals surface area contributed by atoms with E-state index in [9.17, 15) is 4.79 Å². The molecule has 0 aliphatic carbocycles. The van der Waals surface area contributed by atoms with Crippen LogP contribution in [-0.2, 0) is 4.79 Å². The summed E-state index contributed by atoms with van der Waals surface area (Å²) in [5.41, 5.74) is 0.491. The zero-order chi connectivity index (χ0) is 14.9. The van der Waals surface area contributed by atoms with Gasteiger partial charge in [0.05, 0.1) is 27.6 Å². The van der Waals surface area contributed by atoms with Gasteiger partial charge in [-0.05, 0) is 36.4 Å². The molecule has 0 aliphatic heterocycles. The second-order valence-corrected chi connectivity index (χ2v) is 5.23. The summed E-state index contributed by atoms with van der Waals surface area (Å²) in [5, 5.41) is 21.3. The van der Waals surface area contributed by atoms with Crippen molar-refractivity contribution in [2.45, 2.75) is 19.9 Å². The molecule has 0 saturated carbocycles. The molecule has 0 fully saturated rings. The zero-order valence-electron chi connectivity index (χ0n) is 10.8. The minimum Gasteiger partial charge on any atom is -0.481 e. The summed E-state index contributed by atoms with van der Waals surface area (Å²) in [6.45, 7) is 3.32. The second-order valence-electron chi connectivity index (χ2n) is 4.41. The molecule has 1 N–H and O–H groups in total. The quantitative estimate of drug-likeness (QED) is 0.938. The number of carboxylic acid groups (broad SMARTS) is 1. The number of carboxylic acids is 1. The summed E-state index contributed by atoms with van der Waals surface area (Å²) < 4.78 is 1.42. The van der Waals surface area contributed by atoms with Crippen molar-refractivity contribution < 1.29 is 9.90 Å². The molecule has 0 spiro atoms. The Hall–Kier alpha value is -1.66. The fourth-order valence-electron chi connectivity index (χ4n) is 1.76. The molecule has 8 heteroatoms. The van der Waals surface area contributed by atoms with E-state index in [-0.39, 0.29) is 0 Å². The number of benzene rings is 1. The van der Waals surface area contributed by atoms with Crippen LogP contribution < -0.4 is 0 Å². The maximum atomic E-state index is 11.1. The Morgan fingerprint density at radius 2 is 1.90 bits per heavy atom. The summed E-state index contributed by atoms with van der Waals surface area (Å²) in [7, 11) is 0. The van der Waals surface area contributed by atoms with Crippen molar-refractivity contribution in [2.24, 2.45) is 5.92 Å². The number of hydrogen-bond acceptors (Lipinski definition) is 4. The van der Waals surface area contributed by atoms with Crippen molar-refractivity contribution in [1.82, 2.24) is 20.2 Å². The largest absolute Gasteiger partial charge is 0.481 e. The lowest BCUT2D eigenvalue weighted by Crippen LogP contribution is -2.23. The maximum absolute atomic E-state index is 11.1. The summed E-state index contributed by atoms with van der Waals surface area (Å²) >= 11 is 12.3. The smallest absolute Gasteiger partial charge is 0.308 e. The van der Waals surface area contributed by atoms with Crippen LogP contribution >= 0.6 is 23.2 Å². The molecule has 0 aliphatic rings. The molecule has 2 aromatic rings. The number of halogens is 2. The van der Waals surface area contributed by atoms with Crippen LogP contribution in [0, 0.1) is 5.92 Å². The standard InChI is InChI=1S/C12H12Cl2N4O2/c1-6(12(19)20)7(2)18-11(15-16-17-18)10-8(13)4-3-5-9(10)14/h3-7H,1-2H3,(H,19,20). The van der Waals surface area contributed by atoms with Gasteiger partial charge in [-0.1, -0.05) is 29.3 Å². The van der Waals surface area contributed by atoms with Crippen molar-refractivity contribution in [1.29, 1.82) is 0 Å². The van der Waals surface area contributed by atoms with Gasteiger partial charge in [0, 0.05) is 0 Å². The number of nitrogens with zero attached hydrogens (tertiary/aromatic N) is 4. The van der Waals surface area contributed by atoms with Gasteiger partial charge in [0.15, 0.2) is 5.82 Å². The minimum absolute atomic E-state index is 0.348. The average Bonchev–Trinajstić information content (AvgIpc) is 2.85. The number of aromatic nitrogens is 4. The van der Waals surface area contributed by atoms with Crippen LogP contribution in [0.2, 0.25) is 10.0 Å². The molecule has 0 saturated heterocycles. The molecule has 1 aromatic heterocycles. The van der Waals surface area contributed by atoms with Crippen LogP contribution in [0.15, 0.2) is 18.2 Å². The van der Waals surface area contributed by atoms with Crippen LogP contribution in [0.25, 0.3) is 11.4 Å². The molecule has 0 amide bonds. The van der Waals surface area contributed by atoms with Crippen LogP contribution in [0.4, 0.5) is 0 Å². The Morgan fingerprint density at radius 1 is 1.30 bits per heavy atom. The molecule has 0 bridgehead atoms. The highest BCUT2D eigenvalue weighted by Crippen LogP contribution is 2.34. The number of carbonyl (C=O) groups is 1. The molecule has 1 heterocycles. The second kappa shape index (κ2) is 5.76. The third-order valence-corrected chi connectivity index (χ3v) is 3.81. The van der Waals surface area contributed by atoms with E-state index < -0.39 is 17.9 Å². The molecule has 0 radical (unpaired) electrons. The normalized spacial score (nSPS) is 14.0. The van der Waals surface area contributed by atoms with Crippen molar-refractivity contribution in [3.05, 3.63) is 28.2 Å². The summed E-state index contributed by atoms with van der Waals surface area (Å²) in [6, 6.07) is 4.62. The number of tetrazole rings is 1. The topological polar surface area (TPSA) is 80.9 Å². The predicted octanol–water partition coefficient (Wildman–Crippen LogP) is 2.93. The Labute approximate surface area is 125 Å². The van der Waals surface area contributed by atoms with E-state index in [1.54, 1.807) is 32.0 Å². The molecule has 2 rings (SSSR count). The average molecular weight is 315 g/mol. The van der Waals surface area contributed by atoms with Gasteiger partial charge in [-0.15, -0.1) is 5.10 Å². The van der Waals surface area contributed by atoms with Gasteiger partial charge >= 0.3 is 5.97 Å². The van der Waals surface area contributed by atoms with Crippen LogP contribution in [0.5, 0.6) is 0 Å². The van der Waals surface area contributed by atoms with Crippen LogP contribution in [0.1, 0.15) is 19.9 Å². The molecule has 1 aromatic carbocycles. The van der Waals surface area contributed by atoms with E-state index in [2.05, 4.69) is 15.5 Å². The van der Waals surface area contributed by atoms with Crippen molar-refractivity contribution in [3.63, 3.8) is 0 Å². The molecular weight excluding hydrogens is 303 g/mol. The van der Waals surface area contributed by atoms with E-state index in [0.717, 1.165) is 0 Å². The Balaban J connectivity index is 2.51. The Kier molecular flexibility index (Phi) is 4.25. The fraction of sp³-hybridized carbons (Fsp3) is 0.333. The van der Waals surface area contributed by atoms with Gasteiger partial charge in [-0.3, -0.25) is 4.79 Å². The van der Waals surface area contributed by atoms with Gasteiger partial charge in [0.25, 0.3) is 0 Å². The number of aliphatic carboxylic acids is 1. The Morgan fingerprint density at radius 3 is 2.45 bits per heavy atom. The lowest BCUT2D eigenvalue weighted by Gasteiger charge is -2.17. The lowest BCUT2D eigenvalue weighted by atomic mass is 10.0. The molecule has 6 nitrogen and oxygen atoms in total. The molecule has 106 valence electrons. The molecular formula is C12H12Cl2N4O2. The SMILES string of the molecule is CC(C(=O)O)C(C)n1nnnc1-c1c(Cl)cccc1Cl. The molecule has 20 heavy (non-hydrogen) atoms. The van der Waals surface area contributed by atoms with E-state index in [1.165, 1.54) is 4.68 Å². The molecule has 2 unspecified atom stereocenters. The predicted molar refractivity (Wildman–Crippen MR) is 74.8 cm³/mol. The lowest BCUT2D eigenvalue weighted by molar-refractivity contribution is -0.142. The van der Waals surface area contributed by atoms with E-state index in [4.69, 9.17) is 28.3 Å².